The first-order chi connectivity index (χ1) is 9.80. The van der Waals surface area contributed by atoms with Crippen molar-refractivity contribution in [3.8, 4) is 0 Å². The number of unbranched alkanes of at least 4 members (excludes halogenated alkanes) is 1. The molecule has 0 amide bonds. The zero-order valence-electron chi connectivity index (χ0n) is 14.4. The molecule has 0 fully saturated rings. The largest absolute Gasteiger partial charge is 0.854 e. The molecule has 0 saturated heterocycles. The highest BCUT2D eigenvalue weighted by atomic mass is 16.3. The molecule has 0 radical (unpaired) electrons. The molecule has 1 N–H and O–H groups in total. The summed E-state index contributed by atoms with van der Waals surface area (Å²) in [5, 5.41) is 18.8. The Hall–Kier alpha value is -0.900. The van der Waals surface area contributed by atoms with Crippen LogP contribution in [0.3, 0.4) is 0 Å². The zero-order chi connectivity index (χ0) is 16.4. The van der Waals surface area contributed by atoms with E-state index in [1.165, 1.54) is 5.56 Å². The van der Waals surface area contributed by atoms with Gasteiger partial charge in [-0.15, -0.1) is 6.61 Å². The summed E-state index contributed by atoms with van der Waals surface area (Å²) in [6.07, 6.45) is 3.69. The van der Waals surface area contributed by atoms with Crippen molar-refractivity contribution in [2.24, 2.45) is 0 Å². The first kappa shape index (κ1) is 20.1. The average Bonchev–Trinajstić information content (AvgIpc) is 2.40. The van der Waals surface area contributed by atoms with E-state index in [2.05, 4.69) is 52.3 Å². The fourth-order valence-corrected chi connectivity index (χ4v) is 2.08. The van der Waals surface area contributed by atoms with Gasteiger partial charge in [0.15, 0.2) is 0 Å². The average molecular weight is 295 g/mol. The van der Waals surface area contributed by atoms with Gasteiger partial charge >= 0.3 is 0 Å². The summed E-state index contributed by atoms with van der Waals surface area (Å²) < 4.78 is 0.864. The summed E-state index contributed by atoms with van der Waals surface area (Å²) in [5.74, 6) is 0. The molecule has 0 bridgehead atoms. The molecule has 1 rings (SSSR count). The van der Waals surface area contributed by atoms with Crippen LogP contribution in [0.15, 0.2) is 30.3 Å². The Bertz CT molecular complexity index is 357. The molecular weight excluding hydrogens is 262 g/mol. The van der Waals surface area contributed by atoms with Gasteiger partial charge < -0.3 is 14.7 Å². The van der Waals surface area contributed by atoms with Crippen molar-refractivity contribution in [3.63, 3.8) is 0 Å². The van der Waals surface area contributed by atoms with Crippen LogP contribution < -0.4 is 5.11 Å². The molecule has 3 nitrogen and oxygen atoms in total. The monoisotopic (exact) mass is 295 g/mol. The molecule has 0 saturated carbocycles. The van der Waals surface area contributed by atoms with E-state index in [-0.39, 0.29) is 18.8 Å². The lowest BCUT2D eigenvalue weighted by Crippen LogP contribution is -2.56. The van der Waals surface area contributed by atoms with Gasteiger partial charge in [0.1, 0.15) is 5.54 Å². The molecule has 0 aliphatic heterocycles. The van der Waals surface area contributed by atoms with Crippen LogP contribution in [0.25, 0.3) is 0 Å². The maximum absolute atomic E-state index is 9.53. The molecule has 3 heteroatoms. The number of benzene rings is 1. The number of quaternary nitrogens is 1. The van der Waals surface area contributed by atoms with Gasteiger partial charge in [-0.1, -0.05) is 50.1 Å². The van der Waals surface area contributed by atoms with Crippen LogP contribution in [-0.2, 0) is 6.42 Å². The lowest BCUT2D eigenvalue weighted by Gasteiger charge is -2.44. The minimum absolute atomic E-state index is 0.0795. The molecule has 1 unspecified atom stereocenters. The van der Waals surface area contributed by atoms with Crippen molar-refractivity contribution in [2.45, 2.75) is 45.1 Å². The van der Waals surface area contributed by atoms with E-state index in [1.54, 1.807) is 0 Å². The highest BCUT2D eigenvalue weighted by Crippen LogP contribution is 2.26. The van der Waals surface area contributed by atoms with Gasteiger partial charge in [-0.05, 0) is 12.5 Å². The Morgan fingerprint density at radius 2 is 1.71 bits per heavy atom. The Balaban J connectivity index is 0.000000690. The third-order valence-electron chi connectivity index (χ3n) is 4.20. The Morgan fingerprint density at radius 3 is 2.05 bits per heavy atom. The minimum Gasteiger partial charge on any atom is -0.854 e. The van der Waals surface area contributed by atoms with E-state index in [1.807, 2.05) is 13.0 Å². The quantitative estimate of drug-likeness (QED) is 0.784. The summed E-state index contributed by atoms with van der Waals surface area (Å²) in [4.78, 5) is 0. The van der Waals surface area contributed by atoms with E-state index in [0.29, 0.717) is 0 Å². The number of aliphatic hydroxyl groups excluding tert-OH is 1. The van der Waals surface area contributed by atoms with Crippen molar-refractivity contribution >= 4 is 0 Å². The van der Waals surface area contributed by atoms with E-state index in [0.717, 1.165) is 30.2 Å². The molecule has 0 aliphatic carbocycles. The normalized spacial score (nSPS) is 14.0. The lowest BCUT2D eigenvalue weighted by atomic mass is 9.87. The van der Waals surface area contributed by atoms with Gasteiger partial charge in [-0.25, -0.2) is 0 Å². The van der Waals surface area contributed by atoms with E-state index in [9.17, 15) is 10.2 Å². The van der Waals surface area contributed by atoms with Crippen LogP contribution >= 0.6 is 0 Å². The van der Waals surface area contributed by atoms with Crippen molar-refractivity contribution in [3.05, 3.63) is 35.9 Å². The standard InChI is InChI=1S/C14H24NO.C4H9O/c1-14(10-11-16,15(2,3)4)12-13-8-6-5-7-9-13;1-2-3-4-5/h5-9,16H,10-12H2,1-4H3;2-4H2,1H3/q+1;-1. The molecular formula is C18H33NO2. The number of likely N-dealkylation sites (N-methyl/N-ethyl adjacent to an activating group) is 1. The first-order valence-corrected chi connectivity index (χ1v) is 7.85. The third-order valence-corrected chi connectivity index (χ3v) is 4.20. The van der Waals surface area contributed by atoms with Gasteiger partial charge in [-0.3, -0.25) is 0 Å². The highest BCUT2D eigenvalue weighted by molar-refractivity contribution is 5.16. The smallest absolute Gasteiger partial charge is 0.102 e. The first-order valence-electron chi connectivity index (χ1n) is 7.85. The number of hydrogen-bond donors (Lipinski definition) is 1. The number of aliphatic hydroxyl groups is 1. The van der Waals surface area contributed by atoms with E-state index in [4.69, 9.17) is 0 Å². The molecule has 21 heavy (non-hydrogen) atoms. The fourth-order valence-electron chi connectivity index (χ4n) is 2.08. The highest BCUT2D eigenvalue weighted by Gasteiger charge is 2.37. The van der Waals surface area contributed by atoms with Crippen LogP contribution in [-0.4, -0.2) is 49.5 Å². The van der Waals surface area contributed by atoms with Crippen molar-refractivity contribution in [1.82, 2.24) is 0 Å². The van der Waals surface area contributed by atoms with Crippen molar-refractivity contribution in [2.75, 3.05) is 34.4 Å². The second kappa shape index (κ2) is 9.93. The summed E-state index contributed by atoms with van der Waals surface area (Å²) >= 11 is 0. The van der Waals surface area contributed by atoms with Crippen LogP contribution in [0.4, 0.5) is 0 Å². The molecule has 1 aromatic rings. The summed E-state index contributed by atoms with van der Waals surface area (Å²) in [6, 6.07) is 10.5. The van der Waals surface area contributed by atoms with Gasteiger partial charge in [0, 0.05) is 19.4 Å². The lowest BCUT2D eigenvalue weighted by molar-refractivity contribution is -0.922. The predicted octanol–water partition coefficient (Wildman–Crippen LogP) is 2.22. The van der Waals surface area contributed by atoms with Crippen LogP contribution in [0.5, 0.6) is 0 Å². The van der Waals surface area contributed by atoms with Gasteiger partial charge in [0.05, 0.1) is 21.1 Å². The van der Waals surface area contributed by atoms with Crippen molar-refractivity contribution < 1.29 is 14.7 Å². The Labute approximate surface area is 130 Å². The SMILES string of the molecule is CC(CCO)(Cc1ccccc1)[N+](C)(C)C.CCCC[O-]. The number of nitrogens with zero attached hydrogens (tertiary/aromatic N) is 1. The maximum atomic E-state index is 9.53. The molecule has 0 aromatic heterocycles. The van der Waals surface area contributed by atoms with Gasteiger partial charge in [0.25, 0.3) is 0 Å². The molecule has 1 aromatic carbocycles. The van der Waals surface area contributed by atoms with E-state index >= 15 is 0 Å². The van der Waals surface area contributed by atoms with Gasteiger partial charge in [-0.2, -0.15) is 0 Å². The molecule has 0 spiro atoms. The fraction of sp³-hybridized carbons (Fsp3) is 0.667. The predicted molar refractivity (Wildman–Crippen MR) is 88.1 cm³/mol. The molecule has 0 heterocycles. The summed E-state index contributed by atoms with van der Waals surface area (Å²) in [6.45, 7) is 4.60. The molecule has 1 atom stereocenters. The number of rotatable bonds is 7. The topological polar surface area (TPSA) is 43.3 Å². The Morgan fingerprint density at radius 1 is 1.14 bits per heavy atom. The van der Waals surface area contributed by atoms with Crippen LogP contribution in [0.1, 0.15) is 38.7 Å². The third kappa shape index (κ3) is 7.60. The van der Waals surface area contributed by atoms with Crippen molar-refractivity contribution in [1.29, 1.82) is 0 Å². The second-order valence-electron chi connectivity index (χ2n) is 6.70. The zero-order valence-corrected chi connectivity index (χ0v) is 14.4. The van der Waals surface area contributed by atoms with Gasteiger partial charge in [0.2, 0.25) is 0 Å². The van der Waals surface area contributed by atoms with Crippen LogP contribution in [0.2, 0.25) is 0 Å². The summed E-state index contributed by atoms with van der Waals surface area (Å²) in [7, 11) is 6.58. The molecule has 122 valence electrons. The minimum atomic E-state index is 0.0795. The molecule has 0 aliphatic rings. The second-order valence-corrected chi connectivity index (χ2v) is 6.70. The van der Waals surface area contributed by atoms with Crippen LogP contribution in [0, 0.1) is 0 Å². The maximum Gasteiger partial charge on any atom is 0.102 e. The van der Waals surface area contributed by atoms with E-state index < -0.39 is 0 Å². The number of hydrogen-bond acceptors (Lipinski definition) is 2. The summed E-state index contributed by atoms with van der Waals surface area (Å²) in [5.41, 5.74) is 1.42. The Kier molecular flexibility index (Phi) is 9.51.